The highest BCUT2D eigenvalue weighted by Crippen LogP contribution is 2.09. The lowest BCUT2D eigenvalue weighted by Crippen LogP contribution is -2.14. The highest BCUT2D eigenvalue weighted by molar-refractivity contribution is 5.84. The number of ether oxygens (including phenoxy) is 1. The lowest BCUT2D eigenvalue weighted by atomic mass is 10.2. The van der Waals surface area contributed by atoms with Crippen molar-refractivity contribution in [1.82, 2.24) is 10.2 Å². The lowest BCUT2D eigenvalue weighted by molar-refractivity contribution is 0.155. The van der Waals surface area contributed by atoms with Crippen molar-refractivity contribution in [2.75, 3.05) is 5.32 Å². The smallest absolute Gasteiger partial charge is 0.413 e. The summed E-state index contributed by atoms with van der Waals surface area (Å²) in [6, 6.07) is 11.2. The molecule has 0 unspecified atom stereocenters. The summed E-state index contributed by atoms with van der Waals surface area (Å²) in [5.41, 5.74) is 1.14. The standard InChI is InChI=1S/C12H10N4O2/c13-6-10-7-14-16-11(10)15-12(17)18-8-9-4-2-1-3-5-9/h1-5,7H,8H2,(H2,14,15,16,17). The number of anilines is 1. The zero-order valence-electron chi connectivity index (χ0n) is 9.38. The number of hydrogen-bond acceptors (Lipinski definition) is 4. The second kappa shape index (κ2) is 5.50. The Bertz CT molecular complexity index is 571. The molecule has 0 radical (unpaired) electrons. The van der Waals surface area contributed by atoms with Crippen molar-refractivity contribution in [2.45, 2.75) is 6.61 Å². The van der Waals surface area contributed by atoms with Crippen LogP contribution in [0.25, 0.3) is 0 Å². The fourth-order valence-corrected chi connectivity index (χ4v) is 1.33. The van der Waals surface area contributed by atoms with Crippen molar-refractivity contribution in [2.24, 2.45) is 0 Å². The maximum atomic E-state index is 11.5. The van der Waals surface area contributed by atoms with E-state index >= 15 is 0 Å². The van der Waals surface area contributed by atoms with Crippen LogP contribution in [0.15, 0.2) is 36.5 Å². The predicted octanol–water partition coefficient (Wildman–Crippen LogP) is 2.03. The van der Waals surface area contributed by atoms with Gasteiger partial charge in [0.15, 0.2) is 0 Å². The van der Waals surface area contributed by atoms with Crippen LogP contribution in [-0.4, -0.2) is 16.3 Å². The van der Waals surface area contributed by atoms with E-state index in [4.69, 9.17) is 10.00 Å². The number of aromatic nitrogens is 2. The molecule has 0 atom stereocenters. The van der Waals surface area contributed by atoms with Gasteiger partial charge >= 0.3 is 6.09 Å². The Hall–Kier alpha value is -2.81. The number of hydrogen-bond donors (Lipinski definition) is 2. The normalized spacial score (nSPS) is 9.50. The largest absolute Gasteiger partial charge is 0.444 e. The molecule has 0 saturated heterocycles. The number of nitrogens with one attached hydrogen (secondary N) is 2. The number of nitrogens with zero attached hydrogens (tertiary/aromatic N) is 2. The zero-order chi connectivity index (χ0) is 12.8. The van der Waals surface area contributed by atoms with E-state index in [1.165, 1.54) is 6.20 Å². The van der Waals surface area contributed by atoms with E-state index in [9.17, 15) is 4.79 Å². The summed E-state index contributed by atoms with van der Waals surface area (Å²) < 4.78 is 4.99. The molecule has 0 aliphatic heterocycles. The first-order valence-corrected chi connectivity index (χ1v) is 5.21. The third kappa shape index (κ3) is 2.86. The van der Waals surface area contributed by atoms with Gasteiger partial charge in [0.2, 0.25) is 0 Å². The minimum Gasteiger partial charge on any atom is -0.444 e. The maximum Gasteiger partial charge on any atom is 0.413 e. The second-order valence-corrected chi connectivity index (χ2v) is 3.46. The first kappa shape index (κ1) is 11.7. The van der Waals surface area contributed by atoms with Crippen molar-refractivity contribution in [1.29, 1.82) is 5.26 Å². The molecular weight excluding hydrogens is 232 g/mol. The molecule has 90 valence electrons. The van der Waals surface area contributed by atoms with Gasteiger partial charge in [0.25, 0.3) is 0 Å². The van der Waals surface area contributed by atoms with Crippen LogP contribution in [0.1, 0.15) is 11.1 Å². The van der Waals surface area contributed by atoms with Gasteiger partial charge < -0.3 is 4.74 Å². The fourth-order valence-electron chi connectivity index (χ4n) is 1.33. The average Bonchev–Trinajstić information content (AvgIpc) is 2.85. The van der Waals surface area contributed by atoms with Crippen LogP contribution in [0, 0.1) is 11.3 Å². The Balaban J connectivity index is 1.88. The van der Waals surface area contributed by atoms with Crippen LogP contribution in [0.2, 0.25) is 0 Å². The summed E-state index contributed by atoms with van der Waals surface area (Å²) in [4.78, 5) is 11.5. The van der Waals surface area contributed by atoms with Crippen LogP contribution in [0.4, 0.5) is 10.6 Å². The Morgan fingerprint density at radius 2 is 2.22 bits per heavy atom. The first-order valence-electron chi connectivity index (χ1n) is 5.21. The zero-order valence-corrected chi connectivity index (χ0v) is 9.38. The fraction of sp³-hybridized carbons (Fsp3) is 0.0833. The van der Waals surface area contributed by atoms with Gasteiger partial charge in [0.05, 0.1) is 6.20 Å². The number of amides is 1. The third-order valence-corrected chi connectivity index (χ3v) is 2.20. The van der Waals surface area contributed by atoms with Crippen molar-refractivity contribution < 1.29 is 9.53 Å². The lowest BCUT2D eigenvalue weighted by Gasteiger charge is -2.05. The minimum atomic E-state index is -0.639. The predicted molar refractivity (Wildman–Crippen MR) is 63.6 cm³/mol. The number of nitriles is 1. The highest BCUT2D eigenvalue weighted by Gasteiger charge is 2.09. The van der Waals surface area contributed by atoms with Crippen LogP contribution >= 0.6 is 0 Å². The quantitative estimate of drug-likeness (QED) is 0.861. The van der Waals surface area contributed by atoms with Crippen LogP contribution < -0.4 is 5.32 Å². The van der Waals surface area contributed by atoms with E-state index in [2.05, 4.69) is 15.5 Å². The Labute approximate surface area is 103 Å². The molecule has 1 amide bonds. The van der Waals surface area contributed by atoms with E-state index in [1.54, 1.807) is 0 Å². The number of benzene rings is 1. The SMILES string of the molecule is N#Cc1cn[nH]c1NC(=O)OCc1ccccc1. The molecule has 6 heteroatoms. The molecule has 2 N–H and O–H groups in total. The van der Waals surface area contributed by atoms with Gasteiger partial charge in [-0.25, -0.2) is 4.79 Å². The molecule has 0 bridgehead atoms. The number of aromatic amines is 1. The van der Waals surface area contributed by atoms with Crippen molar-refractivity contribution in [3.63, 3.8) is 0 Å². The molecule has 18 heavy (non-hydrogen) atoms. The van der Waals surface area contributed by atoms with Crippen LogP contribution in [0.3, 0.4) is 0 Å². The molecule has 0 fully saturated rings. The highest BCUT2D eigenvalue weighted by atomic mass is 16.5. The minimum absolute atomic E-state index is 0.169. The van der Waals surface area contributed by atoms with E-state index in [0.29, 0.717) is 0 Å². The third-order valence-electron chi connectivity index (χ3n) is 2.20. The molecule has 0 spiro atoms. The van der Waals surface area contributed by atoms with Gasteiger partial charge in [-0.1, -0.05) is 30.3 Å². The van der Waals surface area contributed by atoms with E-state index in [-0.39, 0.29) is 18.0 Å². The molecule has 0 aliphatic rings. The summed E-state index contributed by atoms with van der Waals surface area (Å²) >= 11 is 0. The molecular formula is C12H10N4O2. The molecule has 6 nitrogen and oxygen atoms in total. The summed E-state index contributed by atoms with van der Waals surface area (Å²) in [6.07, 6.45) is 0.687. The molecule has 1 aromatic heterocycles. The molecule has 2 rings (SSSR count). The maximum absolute atomic E-state index is 11.5. The first-order chi connectivity index (χ1) is 8.79. The number of carbonyl (C=O) groups excluding carboxylic acids is 1. The molecule has 1 heterocycles. The monoisotopic (exact) mass is 242 g/mol. The summed E-state index contributed by atoms with van der Waals surface area (Å²) in [7, 11) is 0. The summed E-state index contributed by atoms with van der Waals surface area (Å²) in [6.45, 7) is 0.169. The van der Waals surface area contributed by atoms with Crippen molar-refractivity contribution >= 4 is 11.9 Å². The number of rotatable bonds is 3. The molecule has 1 aromatic carbocycles. The Morgan fingerprint density at radius 3 is 2.94 bits per heavy atom. The van der Waals surface area contributed by atoms with E-state index in [0.717, 1.165) is 5.56 Å². The topological polar surface area (TPSA) is 90.8 Å². The number of H-pyrrole nitrogens is 1. The van der Waals surface area contributed by atoms with Crippen LogP contribution in [0.5, 0.6) is 0 Å². The summed E-state index contributed by atoms with van der Waals surface area (Å²) in [5.74, 6) is 0.232. The van der Waals surface area contributed by atoms with Crippen molar-refractivity contribution in [3.8, 4) is 6.07 Å². The second-order valence-electron chi connectivity index (χ2n) is 3.46. The Kier molecular flexibility index (Phi) is 3.56. The number of carbonyl (C=O) groups is 1. The van der Waals surface area contributed by atoms with Gasteiger partial charge in [0, 0.05) is 0 Å². The van der Waals surface area contributed by atoms with Gasteiger partial charge in [-0.05, 0) is 5.56 Å². The van der Waals surface area contributed by atoms with Crippen molar-refractivity contribution in [3.05, 3.63) is 47.7 Å². The van der Waals surface area contributed by atoms with Gasteiger partial charge in [0.1, 0.15) is 24.1 Å². The van der Waals surface area contributed by atoms with Gasteiger partial charge in [-0.15, -0.1) is 0 Å². The van der Waals surface area contributed by atoms with Gasteiger partial charge in [-0.2, -0.15) is 10.4 Å². The molecule has 2 aromatic rings. The molecule has 0 saturated carbocycles. The average molecular weight is 242 g/mol. The van der Waals surface area contributed by atoms with E-state index < -0.39 is 6.09 Å². The van der Waals surface area contributed by atoms with Gasteiger partial charge in [-0.3, -0.25) is 10.4 Å². The molecule has 0 aliphatic carbocycles. The van der Waals surface area contributed by atoms with E-state index in [1.807, 2.05) is 36.4 Å². The Morgan fingerprint density at radius 1 is 1.44 bits per heavy atom. The summed E-state index contributed by atoms with van der Waals surface area (Å²) in [5, 5.41) is 17.3. The van der Waals surface area contributed by atoms with Crippen LogP contribution in [-0.2, 0) is 11.3 Å².